The molecule has 4 nitrogen and oxygen atoms in total. The predicted octanol–water partition coefficient (Wildman–Crippen LogP) is 3.69. The first kappa shape index (κ1) is 14.8. The van der Waals surface area contributed by atoms with E-state index in [9.17, 15) is 0 Å². The van der Waals surface area contributed by atoms with Gasteiger partial charge in [-0.3, -0.25) is 0 Å². The summed E-state index contributed by atoms with van der Waals surface area (Å²) in [5.41, 5.74) is 3.14. The van der Waals surface area contributed by atoms with Gasteiger partial charge in [-0.05, 0) is 52.3 Å². The van der Waals surface area contributed by atoms with Crippen molar-refractivity contribution in [1.82, 2.24) is 19.4 Å². The van der Waals surface area contributed by atoms with Crippen LogP contribution in [0.15, 0.2) is 12.3 Å². The number of imidazole rings is 1. The lowest BCUT2D eigenvalue weighted by atomic mass is 9.98. The normalized spacial score (nSPS) is 25.4. The van der Waals surface area contributed by atoms with Crippen LogP contribution in [0.5, 0.6) is 0 Å². The molecule has 5 heteroatoms. The monoisotopic (exact) mass is 306 g/mol. The molecule has 0 aromatic carbocycles. The summed E-state index contributed by atoms with van der Waals surface area (Å²) in [6.07, 6.45) is 4.11. The van der Waals surface area contributed by atoms with Crippen molar-refractivity contribution >= 4 is 22.8 Å². The number of aryl methyl sites for hydroxylation is 1. The summed E-state index contributed by atoms with van der Waals surface area (Å²) in [7, 11) is 2.19. The summed E-state index contributed by atoms with van der Waals surface area (Å²) < 4.78 is 2.30. The van der Waals surface area contributed by atoms with Gasteiger partial charge in [0.2, 0.25) is 0 Å². The van der Waals surface area contributed by atoms with Gasteiger partial charge in [-0.15, -0.1) is 11.6 Å². The molecule has 3 unspecified atom stereocenters. The number of rotatable bonds is 2. The molecule has 1 saturated heterocycles. The molecule has 1 aliphatic rings. The van der Waals surface area contributed by atoms with Crippen LogP contribution in [0.2, 0.25) is 0 Å². The zero-order valence-corrected chi connectivity index (χ0v) is 13.9. The van der Waals surface area contributed by atoms with E-state index >= 15 is 0 Å². The van der Waals surface area contributed by atoms with Crippen LogP contribution < -0.4 is 0 Å². The molecular formula is C16H23ClN4. The highest BCUT2D eigenvalue weighted by molar-refractivity contribution is 6.20. The Labute approximate surface area is 131 Å². The first-order chi connectivity index (χ1) is 9.99. The van der Waals surface area contributed by atoms with Crippen LogP contribution in [0.25, 0.3) is 11.2 Å². The molecule has 3 atom stereocenters. The Hall–Kier alpha value is -1.13. The van der Waals surface area contributed by atoms with E-state index in [1.807, 2.05) is 19.2 Å². The molecule has 0 saturated carbocycles. The topological polar surface area (TPSA) is 34.0 Å². The van der Waals surface area contributed by atoms with Crippen molar-refractivity contribution < 1.29 is 0 Å². The van der Waals surface area contributed by atoms with E-state index in [1.54, 1.807) is 0 Å². The Kier molecular flexibility index (Phi) is 3.93. The van der Waals surface area contributed by atoms with Crippen molar-refractivity contribution in [2.75, 3.05) is 13.6 Å². The van der Waals surface area contributed by atoms with Crippen LogP contribution in [0.3, 0.4) is 0 Å². The van der Waals surface area contributed by atoms with Gasteiger partial charge in [0.25, 0.3) is 0 Å². The van der Waals surface area contributed by atoms with Crippen LogP contribution in [-0.2, 0) is 0 Å². The molecule has 1 aliphatic heterocycles. The molecule has 0 spiro atoms. The maximum absolute atomic E-state index is 6.39. The largest absolute Gasteiger partial charge is 0.308 e. The van der Waals surface area contributed by atoms with E-state index in [-0.39, 0.29) is 5.38 Å². The van der Waals surface area contributed by atoms with Crippen molar-refractivity contribution in [3.63, 3.8) is 0 Å². The van der Waals surface area contributed by atoms with Crippen LogP contribution in [-0.4, -0.2) is 39.1 Å². The fraction of sp³-hybridized carbons (Fsp3) is 0.625. The summed E-state index contributed by atoms with van der Waals surface area (Å²) in [6.45, 7) is 7.47. The molecule has 2 aromatic heterocycles. The molecule has 2 aromatic rings. The number of halogens is 1. The molecule has 21 heavy (non-hydrogen) atoms. The lowest BCUT2D eigenvalue weighted by molar-refractivity contribution is 0.157. The van der Waals surface area contributed by atoms with Gasteiger partial charge in [0, 0.05) is 24.8 Å². The van der Waals surface area contributed by atoms with Gasteiger partial charge in [0.1, 0.15) is 11.3 Å². The van der Waals surface area contributed by atoms with Crippen LogP contribution in [0, 0.1) is 6.92 Å². The molecule has 3 heterocycles. The fourth-order valence-electron chi connectivity index (χ4n) is 3.27. The standard InChI is InChI=1S/C16H23ClN4/c1-10-5-7-18-16-14(10)19-15(12(3)17)21(16)13-6-8-20(4)11(2)9-13/h5,7,11-13H,6,8-9H2,1-4H3. The van der Waals surface area contributed by atoms with Gasteiger partial charge in [-0.25, -0.2) is 9.97 Å². The second-order valence-electron chi connectivity index (χ2n) is 6.26. The second-order valence-corrected chi connectivity index (χ2v) is 6.92. The van der Waals surface area contributed by atoms with Crippen LogP contribution in [0.1, 0.15) is 49.5 Å². The van der Waals surface area contributed by atoms with E-state index in [4.69, 9.17) is 16.6 Å². The van der Waals surface area contributed by atoms with Crippen LogP contribution >= 0.6 is 11.6 Å². The Morgan fingerprint density at radius 1 is 1.43 bits per heavy atom. The van der Waals surface area contributed by atoms with E-state index in [0.717, 1.165) is 36.4 Å². The number of aromatic nitrogens is 3. The van der Waals surface area contributed by atoms with Gasteiger partial charge in [-0.1, -0.05) is 0 Å². The lowest BCUT2D eigenvalue weighted by Gasteiger charge is -2.36. The van der Waals surface area contributed by atoms with E-state index in [2.05, 4.69) is 35.3 Å². The summed E-state index contributed by atoms with van der Waals surface area (Å²) in [4.78, 5) is 11.8. The van der Waals surface area contributed by atoms with Gasteiger partial charge < -0.3 is 9.47 Å². The maximum atomic E-state index is 6.39. The van der Waals surface area contributed by atoms with E-state index < -0.39 is 0 Å². The minimum Gasteiger partial charge on any atom is -0.308 e. The van der Waals surface area contributed by atoms with Crippen molar-refractivity contribution in [2.45, 2.75) is 51.1 Å². The Bertz CT molecular complexity index is 649. The third-order valence-electron chi connectivity index (χ3n) is 4.71. The predicted molar refractivity (Wildman–Crippen MR) is 86.9 cm³/mol. The zero-order chi connectivity index (χ0) is 15.1. The van der Waals surface area contributed by atoms with E-state index in [1.165, 1.54) is 5.56 Å². The summed E-state index contributed by atoms with van der Waals surface area (Å²) in [5, 5.41) is -0.103. The van der Waals surface area contributed by atoms with Crippen molar-refractivity contribution in [3.05, 3.63) is 23.7 Å². The average Bonchev–Trinajstić information content (AvgIpc) is 2.83. The minimum atomic E-state index is -0.103. The Morgan fingerprint density at radius 3 is 2.86 bits per heavy atom. The minimum absolute atomic E-state index is 0.103. The van der Waals surface area contributed by atoms with Gasteiger partial charge >= 0.3 is 0 Å². The number of alkyl halides is 1. The molecule has 114 valence electrons. The number of pyridine rings is 1. The first-order valence-electron chi connectivity index (χ1n) is 7.66. The first-order valence-corrected chi connectivity index (χ1v) is 8.10. The lowest BCUT2D eigenvalue weighted by Crippen LogP contribution is -2.38. The molecule has 0 aliphatic carbocycles. The number of hydrogen-bond donors (Lipinski definition) is 0. The number of hydrogen-bond acceptors (Lipinski definition) is 3. The van der Waals surface area contributed by atoms with Gasteiger partial charge in [-0.2, -0.15) is 0 Å². The fourth-order valence-corrected chi connectivity index (χ4v) is 3.42. The Morgan fingerprint density at radius 2 is 2.19 bits per heavy atom. The molecule has 0 amide bonds. The highest BCUT2D eigenvalue weighted by Crippen LogP contribution is 2.34. The van der Waals surface area contributed by atoms with Gasteiger partial charge in [0.05, 0.1) is 5.38 Å². The maximum Gasteiger partial charge on any atom is 0.160 e. The third-order valence-corrected chi connectivity index (χ3v) is 4.90. The number of likely N-dealkylation sites (tertiary alicyclic amines) is 1. The average molecular weight is 307 g/mol. The number of nitrogens with zero attached hydrogens (tertiary/aromatic N) is 4. The summed E-state index contributed by atoms with van der Waals surface area (Å²) >= 11 is 6.39. The summed E-state index contributed by atoms with van der Waals surface area (Å²) in [5.74, 6) is 0.954. The number of fused-ring (bicyclic) bond motifs is 1. The number of piperidine rings is 1. The molecule has 3 rings (SSSR count). The SMILES string of the molecule is Cc1ccnc2c1nc(C(C)Cl)n2C1CCN(C)C(C)C1. The molecular weight excluding hydrogens is 284 g/mol. The van der Waals surface area contributed by atoms with Crippen molar-refractivity contribution in [1.29, 1.82) is 0 Å². The Balaban J connectivity index is 2.12. The van der Waals surface area contributed by atoms with Gasteiger partial charge in [0.15, 0.2) is 5.65 Å². The summed E-state index contributed by atoms with van der Waals surface area (Å²) in [6, 6.07) is 3.02. The zero-order valence-electron chi connectivity index (χ0n) is 13.2. The highest BCUT2D eigenvalue weighted by Gasteiger charge is 2.29. The quantitative estimate of drug-likeness (QED) is 0.793. The highest BCUT2D eigenvalue weighted by atomic mass is 35.5. The van der Waals surface area contributed by atoms with Crippen LogP contribution in [0.4, 0.5) is 0 Å². The molecule has 0 bridgehead atoms. The molecule has 1 fully saturated rings. The van der Waals surface area contributed by atoms with Crippen molar-refractivity contribution in [3.8, 4) is 0 Å². The smallest absolute Gasteiger partial charge is 0.160 e. The molecule has 0 N–H and O–H groups in total. The molecule has 0 radical (unpaired) electrons. The third kappa shape index (κ3) is 2.55. The van der Waals surface area contributed by atoms with E-state index in [0.29, 0.717) is 12.1 Å². The van der Waals surface area contributed by atoms with Crippen molar-refractivity contribution in [2.24, 2.45) is 0 Å². The second kappa shape index (κ2) is 5.58.